The van der Waals surface area contributed by atoms with Crippen molar-refractivity contribution in [1.82, 2.24) is 20.0 Å². The molecule has 0 saturated carbocycles. The zero-order chi connectivity index (χ0) is 18.5. The molecule has 0 aliphatic carbocycles. The van der Waals surface area contributed by atoms with Gasteiger partial charge in [0.15, 0.2) is 0 Å². The number of hydrogen-bond donors (Lipinski definition) is 1. The van der Waals surface area contributed by atoms with Crippen molar-refractivity contribution < 1.29 is 4.79 Å². The molecule has 27 heavy (non-hydrogen) atoms. The highest BCUT2D eigenvalue weighted by molar-refractivity contribution is 5.85. The second-order valence-electron chi connectivity index (χ2n) is 7.45. The normalized spacial score (nSPS) is 19.4. The molecule has 0 unspecified atom stereocenters. The van der Waals surface area contributed by atoms with Crippen LogP contribution in [0.4, 0.5) is 0 Å². The van der Waals surface area contributed by atoms with Crippen molar-refractivity contribution in [1.29, 1.82) is 0 Å². The Balaban J connectivity index is 0.00000261. The predicted octanol–water partition coefficient (Wildman–Crippen LogP) is 3.29. The first-order valence-electron chi connectivity index (χ1n) is 9.61. The second-order valence-corrected chi connectivity index (χ2v) is 7.45. The lowest BCUT2D eigenvalue weighted by molar-refractivity contribution is -0.135. The van der Waals surface area contributed by atoms with E-state index in [4.69, 9.17) is 0 Å². The van der Waals surface area contributed by atoms with Crippen molar-refractivity contribution in [2.75, 3.05) is 20.1 Å². The third-order valence-corrected chi connectivity index (χ3v) is 5.28. The van der Waals surface area contributed by atoms with Gasteiger partial charge < -0.3 is 10.2 Å². The fourth-order valence-electron chi connectivity index (χ4n) is 3.80. The van der Waals surface area contributed by atoms with Gasteiger partial charge >= 0.3 is 0 Å². The molecular weight excluding hydrogens is 360 g/mol. The van der Waals surface area contributed by atoms with E-state index in [2.05, 4.69) is 35.5 Å². The molecule has 3 rings (SSSR count). The molecule has 5 nitrogen and oxygen atoms in total. The maximum Gasteiger partial charge on any atom is 0.225 e. The maximum atomic E-state index is 12.6. The Kier molecular flexibility index (Phi) is 7.87. The number of carbonyl (C=O) groups excluding carboxylic acids is 1. The third kappa shape index (κ3) is 5.56. The minimum atomic E-state index is 0. The van der Waals surface area contributed by atoms with Crippen LogP contribution in [-0.4, -0.2) is 46.8 Å². The molecule has 1 saturated heterocycles. The van der Waals surface area contributed by atoms with Crippen LogP contribution in [0.25, 0.3) is 11.3 Å². The highest BCUT2D eigenvalue weighted by atomic mass is 35.5. The summed E-state index contributed by atoms with van der Waals surface area (Å²) in [7, 11) is 3.92. The van der Waals surface area contributed by atoms with Crippen LogP contribution < -0.4 is 5.32 Å². The van der Waals surface area contributed by atoms with Gasteiger partial charge in [0.05, 0.1) is 11.4 Å². The monoisotopic (exact) mass is 390 g/mol. The van der Waals surface area contributed by atoms with E-state index in [0.717, 1.165) is 50.2 Å². The van der Waals surface area contributed by atoms with E-state index in [9.17, 15) is 4.79 Å². The van der Waals surface area contributed by atoms with E-state index in [1.807, 2.05) is 41.9 Å². The van der Waals surface area contributed by atoms with E-state index < -0.39 is 0 Å². The van der Waals surface area contributed by atoms with E-state index in [-0.39, 0.29) is 18.3 Å². The number of nitrogens with one attached hydrogen (secondary N) is 1. The summed E-state index contributed by atoms with van der Waals surface area (Å²) >= 11 is 0. The van der Waals surface area contributed by atoms with Gasteiger partial charge in [-0.2, -0.15) is 5.10 Å². The van der Waals surface area contributed by atoms with Crippen LogP contribution in [0.2, 0.25) is 0 Å². The van der Waals surface area contributed by atoms with Crippen LogP contribution in [-0.2, 0) is 18.3 Å². The van der Waals surface area contributed by atoms with Crippen molar-refractivity contribution in [3.8, 4) is 11.3 Å². The number of carbonyl (C=O) groups is 1. The van der Waals surface area contributed by atoms with E-state index >= 15 is 0 Å². The fraction of sp³-hybridized carbons (Fsp3) is 0.524. The third-order valence-electron chi connectivity index (χ3n) is 5.28. The minimum Gasteiger partial charge on any atom is -0.346 e. The molecule has 1 aliphatic rings. The SMILES string of the molecule is C[C@H]1C[C@@H](C(=O)N(C)CCCc2cc(-c3ccccc3)n(C)n2)CCN1.Cl. The summed E-state index contributed by atoms with van der Waals surface area (Å²) in [6, 6.07) is 12.9. The molecule has 0 radical (unpaired) electrons. The lowest BCUT2D eigenvalue weighted by Gasteiger charge is -2.30. The number of aromatic nitrogens is 2. The molecule has 1 aromatic carbocycles. The van der Waals surface area contributed by atoms with Crippen molar-refractivity contribution >= 4 is 18.3 Å². The number of benzene rings is 1. The Morgan fingerprint density at radius 2 is 2.07 bits per heavy atom. The van der Waals surface area contributed by atoms with Crippen molar-refractivity contribution in [2.24, 2.45) is 13.0 Å². The van der Waals surface area contributed by atoms with Crippen LogP contribution in [0.3, 0.4) is 0 Å². The standard InChI is InChI=1S/C21H30N4O.ClH/c1-16-14-18(11-12-22-16)21(26)24(2)13-7-10-19-15-20(25(3)23-19)17-8-5-4-6-9-17;/h4-6,8-9,15-16,18,22H,7,10-14H2,1-3H3;1H/t16-,18-;/m0./s1. The lowest BCUT2D eigenvalue weighted by atomic mass is 9.92. The van der Waals surface area contributed by atoms with Gasteiger partial charge in [0.1, 0.15) is 0 Å². The van der Waals surface area contributed by atoms with Crippen LogP contribution in [0.5, 0.6) is 0 Å². The van der Waals surface area contributed by atoms with Gasteiger partial charge in [-0.3, -0.25) is 9.48 Å². The molecule has 148 valence electrons. The molecule has 2 aromatic rings. The van der Waals surface area contributed by atoms with E-state index in [1.165, 1.54) is 5.56 Å². The molecule has 2 heterocycles. The number of aryl methyl sites for hydroxylation is 2. The van der Waals surface area contributed by atoms with Crippen LogP contribution in [0, 0.1) is 5.92 Å². The quantitative estimate of drug-likeness (QED) is 0.823. The molecule has 1 amide bonds. The number of rotatable bonds is 6. The maximum absolute atomic E-state index is 12.6. The number of halogens is 1. The zero-order valence-corrected chi connectivity index (χ0v) is 17.3. The van der Waals surface area contributed by atoms with E-state index in [1.54, 1.807) is 0 Å². The first kappa shape index (κ1) is 21.5. The molecule has 1 N–H and O–H groups in total. The summed E-state index contributed by atoms with van der Waals surface area (Å²) in [5.74, 6) is 0.472. The first-order valence-corrected chi connectivity index (χ1v) is 9.61. The summed E-state index contributed by atoms with van der Waals surface area (Å²) in [6.45, 7) is 3.89. The van der Waals surface area contributed by atoms with Crippen LogP contribution in [0.1, 0.15) is 31.9 Å². The van der Waals surface area contributed by atoms with Gasteiger partial charge in [0.25, 0.3) is 0 Å². The molecule has 0 bridgehead atoms. The smallest absolute Gasteiger partial charge is 0.225 e. The number of nitrogens with zero attached hydrogens (tertiary/aromatic N) is 3. The van der Waals surface area contributed by atoms with Gasteiger partial charge in [-0.05, 0) is 50.8 Å². The molecule has 1 fully saturated rings. The van der Waals surface area contributed by atoms with Gasteiger partial charge in [-0.1, -0.05) is 30.3 Å². The number of piperidine rings is 1. The van der Waals surface area contributed by atoms with Crippen molar-refractivity contribution in [3.05, 3.63) is 42.1 Å². The van der Waals surface area contributed by atoms with Gasteiger partial charge in [0.2, 0.25) is 5.91 Å². The number of amides is 1. The Morgan fingerprint density at radius 1 is 1.33 bits per heavy atom. The molecule has 2 atom stereocenters. The average molecular weight is 391 g/mol. The van der Waals surface area contributed by atoms with Gasteiger partial charge in [-0.25, -0.2) is 0 Å². The Bertz CT molecular complexity index is 731. The van der Waals surface area contributed by atoms with Crippen molar-refractivity contribution in [2.45, 2.75) is 38.6 Å². The second kappa shape index (κ2) is 9.90. The molecule has 1 aliphatic heterocycles. The summed E-state index contributed by atoms with van der Waals surface area (Å²) in [5.41, 5.74) is 3.40. The largest absolute Gasteiger partial charge is 0.346 e. The van der Waals surface area contributed by atoms with Gasteiger partial charge in [-0.15, -0.1) is 12.4 Å². The van der Waals surface area contributed by atoms with Crippen molar-refractivity contribution in [3.63, 3.8) is 0 Å². The lowest BCUT2D eigenvalue weighted by Crippen LogP contribution is -2.43. The predicted molar refractivity (Wildman–Crippen MR) is 112 cm³/mol. The highest BCUT2D eigenvalue weighted by Gasteiger charge is 2.26. The Hall–Kier alpha value is -1.85. The first-order chi connectivity index (χ1) is 12.5. The molecule has 1 aromatic heterocycles. The molecular formula is C21H31ClN4O. The van der Waals surface area contributed by atoms with Gasteiger partial charge in [0, 0.05) is 32.6 Å². The summed E-state index contributed by atoms with van der Waals surface area (Å²) in [4.78, 5) is 14.5. The van der Waals surface area contributed by atoms with Crippen LogP contribution >= 0.6 is 12.4 Å². The minimum absolute atomic E-state index is 0. The van der Waals surface area contributed by atoms with Crippen LogP contribution in [0.15, 0.2) is 36.4 Å². The van der Waals surface area contributed by atoms with E-state index in [0.29, 0.717) is 11.9 Å². The molecule has 0 spiro atoms. The summed E-state index contributed by atoms with van der Waals surface area (Å²) < 4.78 is 1.94. The fourth-order valence-corrected chi connectivity index (χ4v) is 3.80. The highest BCUT2D eigenvalue weighted by Crippen LogP contribution is 2.21. The average Bonchev–Trinajstić information content (AvgIpc) is 3.02. The topological polar surface area (TPSA) is 50.2 Å². The Morgan fingerprint density at radius 3 is 2.78 bits per heavy atom. The summed E-state index contributed by atoms with van der Waals surface area (Å²) in [5, 5.41) is 8.04. The zero-order valence-electron chi connectivity index (χ0n) is 16.5. The summed E-state index contributed by atoms with van der Waals surface area (Å²) in [6.07, 6.45) is 3.73. The molecule has 6 heteroatoms. The number of hydrogen-bond acceptors (Lipinski definition) is 3. The Labute approximate surface area is 168 Å².